The maximum atomic E-state index is 9.67. The van der Waals surface area contributed by atoms with Crippen LogP contribution in [0.3, 0.4) is 0 Å². The van der Waals surface area contributed by atoms with Crippen molar-refractivity contribution in [1.82, 2.24) is 10.2 Å². The molecule has 0 aliphatic carbocycles. The lowest BCUT2D eigenvalue weighted by Gasteiger charge is -2.36. The Labute approximate surface area is 86.2 Å². The summed E-state index contributed by atoms with van der Waals surface area (Å²) in [5.74, 6) is 0. The average molecular weight is 202 g/mol. The van der Waals surface area contributed by atoms with Crippen molar-refractivity contribution in [3.05, 3.63) is 0 Å². The summed E-state index contributed by atoms with van der Waals surface area (Å²) in [6, 6.07) is 0.482. The molecule has 0 radical (unpaired) electrons. The van der Waals surface area contributed by atoms with Crippen LogP contribution in [0, 0.1) is 0 Å². The van der Waals surface area contributed by atoms with Crippen molar-refractivity contribution in [2.24, 2.45) is 0 Å². The van der Waals surface area contributed by atoms with Crippen LogP contribution in [0.4, 0.5) is 0 Å². The van der Waals surface area contributed by atoms with E-state index in [0.717, 1.165) is 32.7 Å². The molecule has 0 aromatic carbocycles. The molecule has 2 atom stereocenters. The van der Waals surface area contributed by atoms with Crippen LogP contribution in [0.2, 0.25) is 0 Å². The van der Waals surface area contributed by atoms with Crippen molar-refractivity contribution in [1.29, 1.82) is 0 Å². The van der Waals surface area contributed by atoms with Crippen LogP contribution in [0.25, 0.3) is 0 Å². The number of hydrogen-bond acceptors (Lipinski definition) is 4. The van der Waals surface area contributed by atoms with E-state index in [1.807, 2.05) is 7.05 Å². The SMILES string of the molecule is CCC1COCCN1CC(O)CNC. The van der Waals surface area contributed by atoms with E-state index in [1.165, 1.54) is 0 Å². The molecule has 0 saturated carbocycles. The number of aliphatic hydroxyl groups excluding tert-OH is 1. The number of ether oxygens (including phenoxy) is 1. The van der Waals surface area contributed by atoms with E-state index < -0.39 is 0 Å². The van der Waals surface area contributed by atoms with Crippen LogP contribution in [0.15, 0.2) is 0 Å². The normalized spacial score (nSPS) is 26.4. The molecule has 0 spiro atoms. The fourth-order valence-corrected chi connectivity index (χ4v) is 1.88. The molecule has 2 unspecified atom stereocenters. The van der Waals surface area contributed by atoms with Gasteiger partial charge in [-0.1, -0.05) is 6.92 Å². The van der Waals surface area contributed by atoms with Gasteiger partial charge in [0.1, 0.15) is 0 Å². The van der Waals surface area contributed by atoms with Crippen molar-refractivity contribution >= 4 is 0 Å². The Bertz CT molecular complexity index is 155. The molecule has 1 aliphatic rings. The Hall–Kier alpha value is -0.160. The molecule has 14 heavy (non-hydrogen) atoms. The maximum absolute atomic E-state index is 9.67. The van der Waals surface area contributed by atoms with Crippen LogP contribution in [0.1, 0.15) is 13.3 Å². The average Bonchev–Trinajstić information content (AvgIpc) is 2.19. The third-order valence-corrected chi connectivity index (χ3v) is 2.71. The first-order valence-electron chi connectivity index (χ1n) is 5.42. The van der Waals surface area contributed by atoms with Gasteiger partial charge in [0.2, 0.25) is 0 Å². The molecular weight excluding hydrogens is 180 g/mol. The number of aliphatic hydroxyl groups is 1. The van der Waals surface area contributed by atoms with E-state index in [-0.39, 0.29) is 6.10 Å². The molecule has 4 heteroatoms. The quantitative estimate of drug-likeness (QED) is 0.641. The molecular formula is C10H22N2O2. The summed E-state index contributed by atoms with van der Waals surface area (Å²) in [5.41, 5.74) is 0. The molecule has 1 fully saturated rings. The van der Waals surface area contributed by atoms with Crippen molar-refractivity contribution in [3.8, 4) is 0 Å². The van der Waals surface area contributed by atoms with Gasteiger partial charge in [-0.15, -0.1) is 0 Å². The van der Waals surface area contributed by atoms with Gasteiger partial charge in [-0.05, 0) is 13.5 Å². The zero-order chi connectivity index (χ0) is 10.4. The van der Waals surface area contributed by atoms with Crippen molar-refractivity contribution < 1.29 is 9.84 Å². The Morgan fingerprint density at radius 3 is 3.07 bits per heavy atom. The zero-order valence-corrected chi connectivity index (χ0v) is 9.20. The fourth-order valence-electron chi connectivity index (χ4n) is 1.88. The standard InChI is InChI=1S/C10H22N2O2/c1-3-9-8-14-5-4-12(9)7-10(13)6-11-2/h9-11,13H,3-8H2,1-2H3. The molecule has 0 aromatic heterocycles. The monoisotopic (exact) mass is 202 g/mol. The third-order valence-electron chi connectivity index (χ3n) is 2.71. The highest BCUT2D eigenvalue weighted by molar-refractivity contribution is 4.76. The minimum absolute atomic E-state index is 0.271. The maximum Gasteiger partial charge on any atom is 0.0791 e. The molecule has 1 saturated heterocycles. The lowest BCUT2D eigenvalue weighted by atomic mass is 10.1. The van der Waals surface area contributed by atoms with Gasteiger partial charge in [-0.2, -0.15) is 0 Å². The van der Waals surface area contributed by atoms with Crippen molar-refractivity contribution in [2.45, 2.75) is 25.5 Å². The largest absolute Gasteiger partial charge is 0.390 e. The lowest BCUT2D eigenvalue weighted by molar-refractivity contribution is -0.0267. The molecule has 0 amide bonds. The second-order valence-electron chi connectivity index (χ2n) is 3.84. The van der Waals surface area contributed by atoms with Gasteiger partial charge in [0.25, 0.3) is 0 Å². The van der Waals surface area contributed by atoms with Crippen LogP contribution in [-0.2, 0) is 4.74 Å². The van der Waals surface area contributed by atoms with Crippen LogP contribution >= 0.6 is 0 Å². The lowest BCUT2D eigenvalue weighted by Crippen LogP contribution is -2.49. The second kappa shape index (κ2) is 6.35. The minimum atomic E-state index is -0.271. The molecule has 0 aromatic rings. The summed E-state index contributed by atoms with van der Waals surface area (Å²) in [4.78, 5) is 2.32. The minimum Gasteiger partial charge on any atom is -0.390 e. The Morgan fingerprint density at radius 1 is 1.64 bits per heavy atom. The summed E-state index contributed by atoms with van der Waals surface area (Å²) < 4.78 is 5.41. The topological polar surface area (TPSA) is 44.7 Å². The second-order valence-corrected chi connectivity index (χ2v) is 3.84. The molecule has 1 rings (SSSR count). The van der Waals surface area contributed by atoms with E-state index in [1.54, 1.807) is 0 Å². The van der Waals surface area contributed by atoms with E-state index in [2.05, 4.69) is 17.1 Å². The highest BCUT2D eigenvalue weighted by atomic mass is 16.5. The van der Waals surface area contributed by atoms with Gasteiger partial charge in [0.15, 0.2) is 0 Å². The highest BCUT2D eigenvalue weighted by Crippen LogP contribution is 2.10. The van der Waals surface area contributed by atoms with Gasteiger partial charge in [0, 0.05) is 25.7 Å². The molecule has 84 valence electrons. The highest BCUT2D eigenvalue weighted by Gasteiger charge is 2.22. The summed E-state index contributed by atoms with van der Waals surface area (Å²) in [5, 5.41) is 12.7. The third kappa shape index (κ3) is 3.53. The first-order chi connectivity index (χ1) is 6.77. The smallest absolute Gasteiger partial charge is 0.0791 e. The van der Waals surface area contributed by atoms with Gasteiger partial charge in [0.05, 0.1) is 19.3 Å². The Kier molecular flexibility index (Phi) is 5.40. The van der Waals surface area contributed by atoms with E-state index >= 15 is 0 Å². The first kappa shape index (κ1) is 11.9. The summed E-state index contributed by atoms with van der Waals surface area (Å²) >= 11 is 0. The van der Waals surface area contributed by atoms with Gasteiger partial charge < -0.3 is 15.2 Å². The Morgan fingerprint density at radius 2 is 2.43 bits per heavy atom. The van der Waals surface area contributed by atoms with E-state index in [0.29, 0.717) is 12.6 Å². The molecule has 4 nitrogen and oxygen atoms in total. The van der Waals surface area contributed by atoms with Crippen LogP contribution in [0.5, 0.6) is 0 Å². The van der Waals surface area contributed by atoms with Gasteiger partial charge in [-0.25, -0.2) is 0 Å². The van der Waals surface area contributed by atoms with E-state index in [4.69, 9.17) is 4.74 Å². The number of rotatable bonds is 5. The molecule has 1 heterocycles. The first-order valence-corrected chi connectivity index (χ1v) is 5.42. The number of nitrogens with one attached hydrogen (secondary N) is 1. The molecule has 1 aliphatic heterocycles. The zero-order valence-electron chi connectivity index (χ0n) is 9.20. The van der Waals surface area contributed by atoms with Gasteiger partial charge in [-0.3, -0.25) is 4.90 Å². The number of hydrogen-bond donors (Lipinski definition) is 2. The number of likely N-dealkylation sites (N-methyl/N-ethyl adjacent to an activating group) is 1. The summed E-state index contributed by atoms with van der Waals surface area (Å²) in [6.45, 7) is 6.12. The van der Waals surface area contributed by atoms with Crippen molar-refractivity contribution in [3.63, 3.8) is 0 Å². The van der Waals surface area contributed by atoms with E-state index in [9.17, 15) is 5.11 Å². The van der Waals surface area contributed by atoms with Crippen molar-refractivity contribution in [2.75, 3.05) is 39.9 Å². The van der Waals surface area contributed by atoms with Crippen LogP contribution in [-0.4, -0.2) is 62.0 Å². The number of morpholine rings is 1. The summed E-state index contributed by atoms with van der Waals surface area (Å²) in [7, 11) is 1.86. The predicted molar refractivity (Wildman–Crippen MR) is 56.4 cm³/mol. The Balaban J connectivity index is 2.32. The molecule has 0 bridgehead atoms. The molecule has 2 N–H and O–H groups in total. The fraction of sp³-hybridized carbons (Fsp3) is 1.00. The van der Waals surface area contributed by atoms with Crippen LogP contribution < -0.4 is 5.32 Å². The number of β-amino-alcohol motifs (C(OH)–C–C–N with tert-alkyl or cyclic N) is 1. The summed E-state index contributed by atoms with van der Waals surface area (Å²) in [6.07, 6.45) is 0.818. The van der Waals surface area contributed by atoms with Gasteiger partial charge >= 0.3 is 0 Å². The predicted octanol–water partition coefficient (Wildman–Crippen LogP) is -0.322. The number of nitrogens with zero attached hydrogens (tertiary/aromatic N) is 1.